The number of fused-ring (bicyclic) bond motifs is 1. The average Bonchev–Trinajstić information content (AvgIpc) is 2.47. The maximum atomic E-state index is 5.83. The van der Waals surface area contributed by atoms with E-state index in [9.17, 15) is 0 Å². The number of aryl methyl sites for hydroxylation is 1. The number of hydrogen-bond donors (Lipinski definition) is 0. The zero-order valence-corrected chi connectivity index (χ0v) is 10.3. The molecule has 2 rings (SSSR count). The van der Waals surface area contributed by atoms with Crippen molar-refractivity contribution < 1.29 is 0 Å². The molecule has 0 aliphatic carbocycles. The van der Waals surface area contributed by atoms with E-state index in [1.54, 1.807) is 11.3 Å². The lowest BCUT2D eigenvalue weighted by Gasteiger charge is -2.01. The summed E-state index contributed by atoms with van der Waals surface area (Å²) >= 11 is 11.1. The van der Waals surface area contributed by atoms with Crippen molar-refractivity contribution in [2.75, 3.05) is 0 Å². The third kappa shape index (κ3) is 1.63. The highest BCUT2D eigenvalue weighted by Gasteiger charge is 2.04. The summed E-state index contributed by atoms with van der Waals surface area (Å²) in [5.41, 5.74) is 2.49. The first-order valence-corrected chi connectivity index (χ1v) is 6.15. The summed E-state index contributed by atoms with van der Waals surface area (Å²) in [6, 6.07) is 4.36. The van der Waals surface area contributed by atoms with E-state index in [2.05, 4.69) is 40.4 Å². The van der Waals surface area contributed by atoms with Crippen LogP contribution in [0.15, 0.2) is 22.0 Å². The van der Waals surface area contributed by atoms with Crippen LogP contribution < -0.4 is 0 Å². The number of benzene rings is 1. The molecule has 0 bridgehead atoms. The quantitative estimate of drug-likeness (QED) is 0.661. The molecule has 0 N–H and O–H groups in total. The van der Waals surface area contributed by atoms with Gasteiger partial charge in [0.1, 0.15) is 0 Å². The summed E-state index contributed by atoms with van der Waals surface area (Å²) < 4.78 is 2.48. The van der Waals surface area contributed by atoms with Crippen molar-refractivity contribution in [2.45, 2.75) is 12.8 Å². The summed E-state index contributed by atoms with van der Waals surface area (Å²) in [7, 11) is 0. The number of hydrogen-bond acceptors (Lipinski definition) is 1. The first-order valence-electron chi connectivity index (χ1n) is 3.94. The van der Waals surface area contributed by atoms with Crippen molar-refractivity contribution in [1.29, 1.82) is 0 Å². The molecule has 0 amide bonds. The standard InChI is InChI=1S/C10H8BrClS/c1-6-2-8-9(11)5-13-10(8)3-7(6)4-12/h2-3,5H,4H2,1H3. The van der Waals surface area contributed by atoms with E-state index < -0.39 is 0 Å². The molecule has 0 aliphatic rings. The largest absolute Gasteiger partial charge is 0.143 e. The molecule has 0 saturated heterocycles. The average molecular weight is 276 g/mol. The summed E-state index contributed by atoms with van der Waals surface area (Å²) in [6.07, 6.45) is 0. The topological polar surface area (TPSA) is 0 Å². The van der Waals surface area contributed by atoms with Crippen LogP contribution in [-0.4, -0.2) is 0 Å². The van der Waals surface area contributed by atoms with E-state index in [-0.39, 0.29) is 0 Å². The molecule has 0 aliphatic heterocycles. The molecule has 0 atom stereocenters. The Morgan fingerprint density at radius 3 is 2.92 bits per heavy atom. The van der Waals surface area contributed by atoms with Crippen molar-refractivity contribution in [1.82, 2.24) is 0 Å². The Morgan fingerprint density at radius 2 is 2.23 bits per heavy atom. The van der Waals surface area contributed by atoms with Gasteiger partial charge in [0, 0.05) is 25.8 Å². The lowest BCUT2D eigenvalue weighted by Crippen LogP contribution is -1.83. The molecule has 2 aromatic rings. The zero-order chi connectivity index (χ0) is 9.42. The summed E-state index contributed by atoms with van der Waals surface area (Å²) in [5.74, 6) is 0.595. The maximum absolute atomic E-state index is 5.83. The Balaban J connectivity index is 2.76. The van der Waals surface area contributed by atoms with E-state index in [1.807, 2.05) is 0 Å². The molecule has 3 heteroatoms. The molecular weight excluding hydrogens is 268 g/mol. The van der Waals surface area contributed by atoms with Crippen LogP contribution in [0, 0.1) is 6.92 Å². The van der Waals surface area contributed by atoms with Crippen molar-refractivity contribution in [3.8, 4) is 0 Å². The minimum absolute atomic E-state index is 0.595. The van der Waals surface area contributed by atoms with Crippen LogP contribution in [0.2, 0.25) is 0 Å². The monoisotopic (exact) mass is 274 g/mol. The summed E-state index contributed by atoms with van der Waals surface area (Å²) in [5, 5.41) is 3.40. The van der Waals surface area contributed by atoms with Crippen LogP contribution in [0.3, 0.4) is 0 Å². The molecule has 1 heterocycles. The number of thiophene rings is 1. The highest BCUT2D eigenvalue weighted by Crippen LogP contribution is 2.32. The number of halogens is 2. The van der Waals surface area contributed by atoms with E-state index in [1.165, 1.54) is 25.7 Å². The fraction of sp³-hybridized carbons (Fsp3) is 0.200. The Kier molecular flexibility index (Phi) is 2.63. The lowest BCUT2D eigenvalue weighted by molar-refractivity contribution is 1.32. The molecular formula is C10H8BrClS. The molecule has 0 nitrogen and oxygen atoms in total. The van der Waals surface area contributed by atoms with Crippen LogP contribution in [-0.2, 0) is 5.88 Å². The van der Waals surface area contributed by atoms with Gasteiger partial charge in [0.15, 0.2) is 0 Å². The third-order valence-corrected chi connectivity index (χ3v) is 4.32. The van der Waals surface area contributed by atoms with E-state index in [0.717, 1.165) is 0 Å². The van der Waals surface area contributed by atoms with E-state index in [0.29, 0.717) is 5.88 Å². The molecule has 13 heavy (non-hydrogen) atoms. The second kappa shape index (κ2) is 3.60. The van der Waals surface area contributed by atoms with Crippen LogP contribution in [0.4, 0.5) is 0 Å². The lowest BCUT2D eigenvalue weighted by atomic mass is 10.1. The molecule has 0 unspecified atom stereocenters. The SMILES string of the molecule is Cc1cc2c(Br)csc2cc1CCl. The van der Waals surface area contributed by atoms with Gasteiger partial charge in [0.25, 0.3) is 0 Å². The first kappa shape index (κ1) is 9.50. The van der Waals surface area contributed by atoms with Gasteiger partial charge in [-0.15, -0.1) is 22.9 Å². The minimum atomic E-state index is 0.595. The molecule has 1 aromatic heterocycles. The van der Waals surface area contributed by atoms with Gasteiger partial charge in [0.2, 0.25) is 0 Å². The van der Waals surface area contributed by atoms with Crippen LogP contribution >= 0.6 is 38.9 Å². The fourth-order valence-electron chi connectivity index (χ4n) is 1.34. The van der Waals surface area contributed by atoms with Crippen LogP contribution in [0.25, 0.3) is 10.1 Å². The van der Waals surface area contributed by atoms with Crippen molar-refractivity contribution >= 4 is 49.0 Å². The number of alkyl halides is 1. The second-order valence-electron chi connectivity index (χ2n) is 2.99. The van der Waals surface area contributed by atoms with Crippen LogP contribution in [0.1, 0.15) is 11.1 Å². The zero-order valence-electron chi connectivity index (χ0n) is 7.10. The Labute approximate surface area is 94.7 Å². The van der Waals surface area contributed by atoms with Gasteiger partial charge in [-0.1, -0.05) is 0 Å². The highest BCUT2D eigenvalue weighted by atomic mass is 79.9. The van der Waals surface area contributed by atoms with Gasteiger partial charge >= 0.3 is 0 Å². The predicted octanol–water partition coefficient (Wildman–Crippen LogP) is 4.71. The van der Waals surface area contributed by atoms with Crippen molar-refractivity contribution in [3.63, 3.8) is 0 Å². The highest BCUT2D eigenvalue weighted by molar-refractivity contribution is 9.10. The van der Waals surface area contributed by atoms with Gasteiger partial charge < -0.3 is 0 Å². The fourth-order valence-corrected chi connectivity index (χ4v) is 3.23. The molecule has 1 aromatic carbocycles. The normalized spacial score (nSPS) is 11.0. The smallest absolute Gasteiger partial charge is 0.0477 e. The summed E-state index contributed by atoms with van der Waals surface area (Å²) in [4.78, 5) is 0. The number of rotatable bonds is 1. The molecule has 0 spiro atoms. The van der Waals surface area contributed by atoms with Gasteiger partial charge in [-0.3, -0.25) is 0 Å². The van der Waals surface area contributed by atoms with Crippen LogP contribution in [0.5, 0.6) is 0 Å². The summed E-state index contributed by atoms with van der Waals surface area (Å²) in [6.45, 7) is 2.10. The third-order valence-electron chi connectivity index (χ3n) is 2.13. The minimum Gasteiger partial charge on any atom is -0.143 e. The molecule has 0 radical (unpaired) electrons. The Bertz CT molecular complexity index is 447. The van der Waals surface area contributed by atoms with Crippen molar-refractivity contribution in [3.05, 3.63) is 33.1 Å². The van der Waals surface area contributed by atoms with E-state index in [4.69, 9.17) is 11.6 Å². The molecule has 0 fully saturated rings. The molecule has 68 valence electrons. The predicted molar refractivity (Wildman–Crippen MR) is 63.8 cm³/mol. The maximum Gasteiger partial charge on any atom is 0.0477 e. The molecule has 0 saturated carbocycles. The Morgan fingerprint density at radius 1 is 1.46 bits per heavy atom. The van der Waals surface area contributed by atoms with E-state index >= 15 is 0 Å². The van der Waals surface area contributed by atoms with Gasteiger partial charge in [-0.05, 0) is 46.1 Å². The Hall–Kier alpha value is -0.0500. The van der Waals surface area contributed by atoms with Gasteiger partial charge in [-0.2, -0.15) is 0 Å². The van der Waals surface area contributed by atoms with Gasteiger partial charge in [0.05, 0.1) is 0 Å². The first-order chi connectivity index (χ1) is 6.22. The van der Waals surface area contributed by atoms with Crippen molar-refractivity contribution in [2.24, 2.45) is 0 Å². The van der Waals surface area contributed by atoms with Gasteiger partial charge in [-0.25, -0.2) is 0 Å². The second-order valence-corrected chi connectivity index (χ2v) is 5.02.